The minimum Gasteiger partial charge on any atom is -0.507 e. The molecular weight excluding hydrogens is 657 g/mol. The molecule has 0 atom stereocenters. The molecule has 1 aliphatic carbocycles. The molecule has 0 saturated heterocycles. The average molecular weight is 697 g/mol. The number of hydrogen-bond donors (Lipinski definition) is 3. The number of rotatable bonds is 5. The van der Waals surface area contributed by atoms with Gasteiger partial charge in [0.05, 0.1) is 0 Å². The van der Waals surface area contributed by atoms with Crippen molar-refractivity contribution in [3.8, 4) is 23.0 Å². The minimum absolute atomic E-state index is 0.0232. The number of benzene rings is 6. The summed E-state index contributed by atoms with van der Waals surface area (Å²) in [5.74, 6) is 0.474. The molecule has 0 spiro atoms. The highest BCUT2D eigenvalue weighted by molar-refractivity contribution is 7.87. The molecular formula is C44H40O6S. The van der Waals surface area contributed by atoms with E-state index in [2.05, 4.69) is 0 Å². The first-order valence-electron chi connectivity index (χ1n) is 17.1. The fourth-order valence-corrected chi connectivity index (χ4v) is 8.33. The first-order chi connectivity index (χ1) is 24.4. The zero-order chi connectivity index (χ0) is 35.9. The highest BCUT2D eigenvalue weighted by atomic mass is 32.2. The first kappa shape index (κ1) is 33.9. The molecule has 6 nitrogen and oxygen atoms in total. The highest BCUT2D eigenvalue weighted by Gasteiger charge is 2.25. The van der Waals surface area contributed by atoms with E-state index in [0.717, 1.165) is 27.8 Å². The van der Waals surface area contributed by atoms with E-state index >= 15 is 0 Å². The quantitative estimate of drug-likeness (QED) is 0.156. The summed E-state index contributed by atoms with van der Waals surface area (Å²) in [7, 11) is -4.27. The molecule has 0 radical (unpaired) electrons. The normalized spacial score (nSPS) is 12.8. The van der Waals surface area contributed by atoms with Crippen LogP contribution in [0.4, 0.5) is 0 Å². The molecule has 0 aliphatic heterocycles. The van der Waals surface area contributed by atoms with Gasteiger partial charge in [0.25, 0.3) is 0 Å². The Balaban J connectivity index is 1.50. The van der Waals surface area contributed by atoms with Crippen LogP contribution in [0, 0.1) is 20.8 Å². The molecule has 8 bridgehead atoms. The molecule has 7 rings (SSSR count). The zero-order valence-corrected chi connectivity index (χ0v) is 29.7. The second kappa shape index (κ2) is 13.6. The number of phenols is 3. The third-order valence-electron chi connectivity index (χ3n) is 9.54. The van der Waals surface area contributed by atoms with Gasteiger partial charge in [-0.3, -0.25) is 0 Å². The van der Waals surface area contributed by atoms with Crippen LogP contribution in [0.25, 0.3) is 0 Å². The lowest BCUT2D eigenvalue weighted by Gasteiger charge is -2.21. The second-order valence-electron chi connectivity index (χ2n) is 13.8. The Morgan fingerprint density at radius 1 is 0.490 bits per heavy atom. The van der Waals surface area contributed by atoms with Crippen molar-refractivity contribution in [1.29, 1.82) is 0 Å². The monoisotopic (exact) mass is 696 g/mol. The average Bonchev–Trinajstić information content (AvgIpc) is 3.09. The van der Waals surface area contributed by atoms with Crippen molar-refractivity contribution in [2.24, 2.45) is 0 Å². The van der Waals surface area contributed by atoms with Gasteiger partial charge in [-0.25, -0.2) is 0 Å². The van der Waals surface area contributed by atoms with E-state index in [9.17, 15) is 23.7 Å². The van der Waals surface area contributed by atoms with Crippen LogP contribution >= 0.6 is 0 Å². The molecule has 0 heterocycles. The van der Waals surface area contributed by atoms with Gasteiger partial charge in [-0.05, 0) is 83.8 Å². The smallest absolute Gasteiger partial charge is 0.339 e. The van der Waals surface area contributed by atoms with Gasteiger partial charge in [0.1, 0.15) is 27.9 Å². The van der Waals surface area contributed by atoms with Gasteiger partial charge in [0.2, 0.25) is 0 Å². The van der Waals surface area contributed by atoms with Crippen molar-refractivity contribution in [2.75, 3.05) is 0 Å². The van der Waals surface area contributed by atoms with E-state index in [1.54, 1.807) is 18.2 Å². The Morgan fingerprint density at radius 3 is 1.24 bits per heavy atom. The number of aromatic hydroxyl groups is 3. The van der Waals surface area contributed by atoms with Crippen LogP contribution < -0.4 is 4.18 Å². The maximum Gasteiger partial charge on any atom is 0.339 e. The highest BCUT2D eigenvalue weighted by Crippen LogP contribution is 2.40. The molecule has 0 unspecified atom stereocenters. The molecule has 0 amide bonds. The lowest BCUT2D eigenvalue weighted by Crippen LogP contribution is -2.14. The number of aryl methyl sites for hydroxylation is 3. The number of phenolic OH excluding ortho intramolecular Hbond substituents is 3. The van der Waals surface area contributed by atoms with Crippen molar-refractivity contribution < 1.29 is 27.9 Å². The Bertz CT molecular complexity index is 2280. The van der Waals surface area contributed by atoms with Gasteiger partial charge < -0.3 is 19.5 Å². The maximum atomic E-state index is 13.9. The van der Waals surface area contributed by atoms with Crippen LogP contribution in [-0.2, 0) is 42.2 Å². The number of fused-ring (bicyclic) bond motifs is 8. The van der Waals surface area contributed by atoms with Crippen molar-refractivity contribution in [3.63, 3.8) is 0 Å². The van der Waals surface area contributed by atoms with E-state index < -0.39 is 10.1 Å². The fraction of sp³-hybridized carbons (Fsp3) is 0.182. The minimum atomic E-state index is -4.27. The molecule has 7 heteroatoms. The Hall–Kier alpha value is -5.53. The van der Waals surface area contributed by atoms with Crippen LogP contribution in [0.5, 0.6) is 23.0 Å². The predicted octanol–water partition coefficient (Wildman–Crippen LogP) is 8.76. The van der Waals surface area contributed by atoms with E-state index in [0.29, 0.717) is 50.9 Å². The van der Waals surface area contributed by atoms with Crippen molar-refractivity contribution in [2.45, 2.75) is 57.8 Å². The van der Waals surface area contributed by atoms with Gasteiger partial charge >= 0.3 is 10.1 Å². The summed E-state index contributed by atoms with van der Waals surface area (Å²) in [5, 5.41) is 35.1. The third-order valence-corrected chi connectivity index (χ3v) is 10.8. The molecule has 3 N–H and O–H groups in total. The molecule has 0 aromatic heterocycles. The predicted molar refractivity (Wildman–Crippen MR) is 200 cm³/mol. The summed E-state index contributed by atoms with van der Waals surface area (Å²) in [6.07, 6.45) is 1.47. The summed E-state index contributed by atoms with van der Waals surface area (Å²) in [4.78, 5) is 0.0232. The molecule has 6 aromatic carbocycles. The molecule has 0 fully saturated rings. The van der Waals surface area contributed by atoms with E-state index in [1.807, 2.05) is 99.6 Å². The Morgan fingerprint density at radius 2 is 0.843 bits per heavy atom. The SMILES string of the molecule is Cc1cc2c(O)c(c1)Cc1cc(C)cc(c1O)Cc1cc(Cc3ccccc3)cc(c1OS(=O)(=O)c1ccccc1)Cc1cc(C)cc(c1O)C2. The largest absolute Gasteiger partial charge is 0.507 e. The van der Waals surface area contributed by atoms with E-state index in [1.165, 1.54) is 12.1 Å². The van der Waals surface area contributed by atoms with Crippen LogP contribution in [-0.4, -0.2) is 23.7 Å². The fourth-order valence-electron chi connectivity index (χ4n) is 7.31. The summed E-state index contributed by atoms with van der Waals surface area (Å²) in [5.41, 5.74) is 9.83. The van der Waals surface area contributed by atoms with E-state index in [4.69, 9.17) is 4.18 Å². The summed E-state index contributed by atoms with van der Waals surface area (Å²) < 4.78 is 33.9. The van der Waals surface area contributed by atoms with Crippen LogP contribution in [0.2, 0.25) is 0 Å². The van der Waals surface area contributed by atoms with Gasteiger partial charge in [-0.1, -0.05) is 114 Å². The van der Waals surface area contributed by atoms with Crippen molar-refractivity contribution in [3.05, 3.63) is 182 Å². The van der Waals surface area contributed by atoms with E-state index in [-0.39, 0.29) is 53.6 Å². The van der Waals surface area contributed by atoms with Crippen molar-refractivity contribution >= 4 is 10.1 Å². The van der Waals surface area contributed by atoms with Gasteiger partial charge in [-0.15, -0.1) is 0 Å². The maximum absolute atomic E-state index is 13.9. The lowest BCUT2D eigenvalue weighted by molar-refractivity contribution is 0.453. The van der Waals surface area contributed by atoms with Crippen LogP contribution in [0.15, 0.2) is 114 Å². The Kier molecular flexibility index (Phi) is 9.08. The van der Waals surface area contributed by atoms with Crippen molar-refractivity contribution in [1.82, 2.24) is 0 Å². The topological polar surface area (TPSA) is 104 Å². The molecule has 0 saturated carbocycles. The summed E-state index contributed by atoms with van der Waals surface area (Å²) >= 11 is 0. The number of hydrogen-bond acceptors (Lipinski definition) is 6. The summed E-state index contributed by atoms with van der Waals surface area (Å²) in [6, 6.07) is 33.5. The molecule has 1 aliphatic rings. The third kappa shape index (κ3) is 7.21. The zero-order valence-electron chi connectivity index (χ0n) is 28.9. The Labute approximate surface area is 299 Å². The summed E-state index contributed by atoms with van der Waals surface area (Å²) in [6.45, 7) is 5.88. The molecule has 6 aromatic rings. The van der Waals surface area contributed by atoms with Gasteiger partial charge in [0.15, 0.2) is 0 Å². The second-order valence-corrected chi connectivity index (χ2v) is 15.3. The van der Waals surface area contributed by atoms with Gasteiger partial charge in [0, 0.05) is 36.8 Å². The molecule has 51 heavy (non-hydrogen) atoms. The first-order valence-corrected chi connectivity index (χ1v) is 18.5. The standard InChI is InChI=1S/C44H40O6S/c1-27-14-32-23-34-16-28(2)18-36(42(34)46)25-38-21-31(20-30-10-6-4-7-11-30)22-39(44(38)50-51(48,49)40-12-8-5-9-13-40)26-37-19-29(3)17-35(43(37)47)24-33(15-27)41(32)45/h4-19,21-22,45-47H,20,23-26H2,1-3H3. The van der Waals surface area contributed by atoms with Crippen LogP contribution in [0.3, 0.4) is 0 Å². The van der Waals surface area contributed by atoms with Gasteiger partial charge in [-0.2, -0.15) is 8.42 Å². The lowest BCUT2D eigenvalue weighted by atomic mass is 9.88. The molecule has 258 valence electrons. The van der Waals surface area contributed by atoms with Crippen LogP contribution in [0.1, 0.15) is 72.3 Å².